The molecule has 4 nitrogen and oxygen atoms in total. The molecule has 0 atom stereocenters. The Labute approximate surface area is 89.4 Å². The Kier molecular flexibility index (Phi) is 3.92. The Morgan fingerprint density at radius 3 is 2.81 bits per heavy atom. The maximum atomic E-state index is 11.9. The van der Waals surface area contributed by atoms with Crippen LogP contribution in [0.1, 0.15) is 29.6 Å². The highest BCUT2D eigenvalue weighted by Gasteiger charge is 2.27. The minimum absolute atomic E-state index is 0.0142. The molecule has 90 valence electrons. The Morgan fingerprint density at radius 2 is 2.25 bits per heavy atom. The fourth-order valence-electron chi connectivity index (χ4n) is 0.997. The van der Waals surface area contributed by atoms with Crippen LogP contribution in [0.4, 0.5) is 13.2 Å². The van der Waals surface area contributed by atoms with E-state index in [2.05, 4.69) is 14.4 Å². The SMILES string of the molecule is CCOC(=O)c1cc(CCC(F)(F)F)on1. The summed E-state index contributed by atoms with van der Waals surface area (Å²) < 4.78 is 44.8. The normalized spacial score (nSPS) is 11.5. The molecule has 1 aromatic rings. The first-order valence-electron chi connectivity index (χ1n) is 4.62. The molecule has 0 aromatic carbocycles. The van der Waals surface area contributed by atoms with Gasteiger partial charge in [-0.25, -0.2) is 4.79 Å². The van der Waals surface area contributed by atoms with Gasteiger partial charge < -0.3 is 9.26 Å². The van der Waals surface area contributed by atoms with E-state index in [1.807, 2.05) is 0 Å². The lowest BCUT2D eigenvalue weighted by molar-refractivity contribution is -0.134. The molecule has 0 saturated carbocycles. The van der Waals surface area contributed by atoms with Gasteiger partial charge in [0.25, 0.3) is 0 Å². The predicted molar refractivity (Wildman–Crippen MR) is 46.8 cm³/mol. The molecule has 0 saturated heterocycles. The van der Waals surface area contributed by atoms with Crippen molar-refractivity contribution in [3.8, 4) is 0 Å². The van der Waals surface area contributed by atoms with E-state index in [0.29, 0.717) is 0 Å². The summed E-state index contributed by atoms with van der Waals surface area (Å²) in [5.74, 6) is -0.690. The van der Waals surface area contributed by atoms with Crippen LogP contribution in [0.2, 0.25) is 0 Å². The van der Waals surface area contributed by atoms with Crippen LogP contribution < -0.4 is 0 Å². The van der Waals surface area contributed by atoms with E-state index in [9.17, 15) is 18.0 Å². The fraction of sp³-hybridized carbons (Fsp3) is 0.556. The second-order valence-electron chi connectivity index (χ2n) is 3.01. The molecule has 0 fully saturated rings. The fourth-order valence-corrected chi connectivity index (χ4v) is 0.997. The van der Waals surface area contributed by atoms with E-state index >= 15 is 0 Å². The number of halogens is 3. The predicted octanol–water partition coefficient (Wildman–Crippen LogP) is 2.35. The number of alkyl halides is 3. The maximum Gasteiger partial charge on any atom is 0.389 e. The lowest BCUT2D eigenvalue weighted by Crippen LogP contribution is -2.08. The Hall–Kier alpha value is -1.53. The van der Waals surface area contributed by atoms with Crippen molar-refractivity contribution >= 4 is 5.97 Å². The molecule has 0 unspecified atom stereocenters. The van der Waals surface area contributed by atoms with Crippen molar-refractivity contribution in [3.63, 3.8) is 0 Å². The molecular weight excluding hydrogens is 227 g/mol. The van der Waals surface area contributed by atoms with Crippen molar-refractivity contribution in [3.05, 3.63) is 17.5 Å². The van der Waals surface area contributed by atoms with Crippen LogP contribution in [-0.4, -0.2) is 23.9 Å². The molecule has 0 amide bonds. The summed E-state index contributed by atoms with van der Waals surface area (Å²) in [6.07, 6.45) is -5.60. The first-order valence-corrected chi connectivity index (χ1v) is 4.62. The zero-order valence-electron chi connectivity index (χ0n) is 8.50. The highest BCUT2D eigenvalue weighted by atomic mass is 19.4. The van der Waals surface area contributed by atoms with Gasteiger partial charge in [0.2, 0.25) is 0 Å². The number of hydrogen-bond acceptors (Lipinski definition) is 4. The Morgan fingerprint density at radius 1 is 1.56 bits per heavy atom. The molecule has 0 bridgehead atoms. The third kappa shape index (κ3) is 3.92. The van der Waals surface area contributed by atoms with Gasteiger partial charge in [-0.2, -0.15) is 13.2 Å². The average Bonchev–Trinajstić information content (AvgIpc) is 2.62. The lowest BCUT2D eigenvalue weighted by atomic mass is 10.2. The molecular formula is C9H10F3NO3. The number of hydrogen-bond donors (Lipinski definition) is 0. The van der Waals surface area contributed by atoms with E-state index in [-0.39, 0.29) is 24.5 Å². The second kappa shape index (κ2) is 5.00. The van der Waals surface area contributed by atoms with Gasteiger partial charge in [0, 0.05) is 12.5 Å². The standard InChI is InChI=1S/C9H10F3NO3/c1-2-15-8(14)7-5-6(16-13-7)3-4-9(10,11)12/h5H,2-4H2,1H3. The summed E-state index contributed by atoms with van der Waals surface area (Å²) in [5.41, 5.74) is -0.112. The van der Waals surface area contributed by atoms with Crippen LogP contribution in [0.15, 0.2) is 10.6 Å². The van der Waals surface area contributed by atoms with Crippen molar-refractivity contribution in [2.24, 2.45) is 0 Å². The van der Waals surface area contributed by atoms with Crippen molar-refractivity contribution in [2.45, 2.75) is 25.9 Å². The molecule has 0 aliphatic carbocycles. The van der Waals surface area contributed by atoms with Crippen LogP contribution in [-0.2, 0) is 11.2 Å². The first-order chi connectivity index (χ1) is 7.42. The van der Waals surface area contributed by atoms with E-state index in [0.717, 1.165) is 6.07 Å². The topological polar surface area (TPSA) is 52.3 Å². The van der Waals surface area contributed by atoms with Crippen molar-refractivity contribution in [1.82, 2.24) is 5.16 Å². The van der Waals surface area contributed by atoms with E-state index < -0.39 is 18.6 Å². The Bertz CT molecular complexity index is 359. The van der Waals surface area contributed by atoms with Gasteiger partial charge in [-0.3, -0.25) is 0 Å². The quantitative estimate of drug-likeness (QED) is 0.754. The molecule has 0 aliphatic heterocycles. The lowest BCUT2D eigenvalue weighted by Gasteiger charge is -2.02. The molecule has 16 heavy (non-hydrogen) atoms. The zero-order chi connectivity index (χ0) is 12.2. The number of carbonyl (C=O) groups is 1. The van der Waals surface area contributed by atoms with Gasteiger partial charge in [-0.15, -0.1) is 0 Å². The minimum atomic E-state index is -4.25. The van der Waals surface area contributed by atoms with Crippen LogP contribution in [0.5, 0.6) is 0 Å². The number of carbonyl (C=O) groups excluding carboxylic acids is 1. The third-order valence-corrected chi connectivity index (χ3v) is 1.70. The molecule has 0 N–H and O–H groups in total. The van der Waals surface area contributed by atoms with Crippen molar-refractivity contribution in [2.75, 3.05) is 6.61 Å². The van der Waals surface area contributed by atoms with Gasteiger partial charge in [-0.1, -0.05) is 5.16 Å². The van der Waals surface area contributed by atoms with Crippen LogP contribution in [0, 0.1) is 0 Å². The number of rotatable bonds is 4. The number of esters is 1. The van der Waals surface area contributed by atoms with Crippen LogP contribution >= 0.6 is 0 Å². The molecule has 7 heteroatoms. The maximum absolute atomic E-state index is 11.9. The number of ether oxygens (including phenoxy) is 1. The van der Waals surface area contributed by atoms with E-state index in [4.69, 9.17) is 0 Å². The van der Waals surface area contributed by atoms with Gasteiger partial charge in [0.15, 0.2) is 5.69 Å². The third-order valence-electron chi connectivity index (χ3n) is 1.70. The number of aryl methyl sites for hydroxylation is 1. The summed E-state index contributed by atoms with van der Waals surface area (Å²) in [4.78, 5) is 11.1. The van der Waals surface area contributed by atoms with Gasteiger partial charge >= 0.3 is 12.1 Å². The van der Waals surface area contributed by atoms with Gasteiger partial charge in [0.1, 0.15) is 5.76 Å². The minimum Gasteiger partial charge on any atom is -0.461 e. The summed E-state index contributed by atoms with van der Waals surface area (Å²) in [6.45, 7) is 1.78. The highest BCUT2D eigenvalue weighted by molar-refractivity contribution is 5.87. The highest BCUT2D eigenvalue weighted by Crippen LogP contribution is 2.22. The largest absolute Gasteiger partial charge is 0.461 e. The molecule has 1 heterocycles. The molecule has 1 aromatic heterocycles. The first kappa shape index (κ1) is 12.5. The van der Waals surface area contributed by atoms with Crippen LogP contribution in [0.3, 0.4) is 0 Å². The molecule has 0 spiro atoms. The van der Waals surface area contributed by atoms with Gasteiger partial charge in [-0.05, 0) is 6.92 Å². The smallest absolute Gasteiger partial charge is 0.389 e. The van der Waals surface area contributed by atoms with E-state index in [1.54, 1.807) is 6.92 Å². The summed E-state index contributed by atoms with van der Waals surface area (Å²) in [7, 11) is 0. The summed E-state index contributed by atoms with van der Waals surface area (Å²) in [5, 5.41) is 3.32. The second-order valence-corrected chi connectivity index (χ2v) is 3.01. The van der Waals surface area contributed by atoms with Crippen LogP contribution in [0.25, 0.3) is 0 Å². The number of nitrogens with zero attached hydrogens (tertiary/aromatic N) is 1. The molecule has 1 rings (SSSR count). The average molecular weight is 237 g/mol. The monoisotopic (exact) mass is 237 g/mol. The zero-order valence-corrected chi connectivity index (χ0v) is 8.50. The summed E-state index contributed by atoms with van der Waals surface area (Å²) >= 11 is 0. The van der Waals surface area contributed by atoms with Crippen molar-refractivity contribution in [1.29, 1.82) is 0 Å². The molecule has 0 aliphatic rings. The number of aromatic nitrogens is 1. The van der Waals surface area contributed by atoms with E-state index in [1.165, 1.54) is 0 Å². The van der Waals surface area contributed by atoms with Crippen molar-refractivity contribution < 1.29 is 27.2 Å². The molecule has 0 radical (unpaired) electrons. The Balaban J connectivity index is 2.55. The van der Waals surface area contributed by atoms with Gasteiger partial charge in [0.05, 0.1) is 13.0 Å². The summed E-state index contributed by atoms with van der Waals surface area (Å²) in [6, 6.07) is 1.16.